The average Bonchev–Trinajstić information content (AvgIpc) is 2.96. The van der Waals surface area contributed by atoms with Crippen LogP contribution < -0.4 is 5.56 Å². The molecule has 6 aromatic carbocycles. The molecule has 0 amide bonds. The van der Waals surface area contributed by atoms with Gasteiger partial charge < -0.3 is 5.11 Å². The van der Waals surface area contributed by atoms with Crippen molar-refractivity contribution in [2.24, 2.45) is 0 Å². The lowest BCUT2D eigenvalue weighted by Gasteiger charge is -2.28. The highest BCUT2D eigenvalue weighted by molar-refractivity contribution is 6.17. The van der Waals surface area contributed by atoms with Crippen LogP contribution in [0.2, 0.25) is 0 Å². The second kappa shape index (κ2) is 7.39. The van der Waals surface area contributed by atoms with Crippen LogP contribution in [0.5, 0.6) is 0 Å². The maximum Gasteiger partial charge on any atom is 0.261 e. The zero-order valence-corrected chi connectivity index (χ0v) is 19.8. The molecule has 7 aromatic rings. The van der Waals surface area contributed by atoms with Gasteiger partial charge in [-0.25, -0.2) is 0 Å². The average molecular weight is 476 g/mol. The van der Waals surface area contributed by atoms with Crippen LogP contribution in [-0.2, 0) is 0 Å². The standard InChI is InChI=1S/C34H21NO2/c36-33-27-15-7-5-13-25(27)30-18-21(19-31-26-14-6-8-16-28(26)34(37)35(33)32(30)31)29-17-20-9-1-2-10-22(20)23-11-3-4-12-24(23)29/h1-19,33,36H. The maximum atomic E-state index is 13.7. The predicted molar refractivity (Wildman–Crippen MR) is 152 cm³/mol. The predicted octanol–water partition coefficient (Wildman–Crippen LogP) is 7.65. The van der Waals surface area contributed by atoms with Crippen LogP contribution in [0.15, 0.2) is 120 Å². The summed E-state index contributed by atoms with van der Waals surface area (Å²) in [5.41, 5.74) is 5.52. The topological polar surface area (TPSA) is 42.2 Å². The molecule has 8 rings (SSSR count). The highest BCUT2D eigenvalue weighted by atomic mass is 16.3. The molecule has 1 aromatic heterocycles. The molecule has 1 atom stereocenters. The van der Waals surface area contributed by atoms with E-state index >= 15 is 0 Å². The minimum atomic E-state index is -1.03. The van der Waals surface area contributed by atoms with Crippen molar-refractivity contribution >= 4 is 43.2 Å². The smallest absolute Gasteiger partial charge is 0.261 e. The highest BCUT2D eigenvalue weighted by Crippen LogP contribution is 2.45. The summed E-state index contributed by atoms with van der Waals surface area (Å²) in [5, 5.41) is 18.7. The van der Waals surface area contributed by atoms with E-state index in [4.69, 9.17) is 0 Å². The van der Waals surface area contributed by atoms with E-state index in [1.54, 1.807) is 4.57 Å². The number of aliphatic hydroxyl groups is 1. The monoisotopic (exact) mass is 475 g/mol. The Morgan fingerprint density at radius 3 is 1.97 bits per heavy atom. The molecule has 0 saturated carbocycles. The maximum absolute atomic E-state index is 13.7. The Balaban J connectivity index is 1.60. The van der Waals surface area contributed by atoms with E-state index in [2.05, 4.69) is 66.7 Å². The first-order chi connectivity index (χ1) is 18.2. The van der Waals surface area contributed by atoms with Crippen molar-refractivity contribution in [3.05, 3.63) is 131 Å². The Morgan fingerprint density at radius 1 is 0.541 bits per heavy atom. The molecule has 0 spiro atoms. The van der Waals surface area contributed by atoms with Crippen LogP contribution in [0, 0.1) is 0 Å². The second-order valence-corrected chi connectivity index (χ2v) is 9.79. The van der Waals surface area contributed by atoms with Gasteiger partial charge in [-0.1, -0.05) is 91.0 Å². The lowest BCUT2D eigenvalue weighted by Crippen LogP contribution is -2.29. The second-order valence-electron chi connectivity index (χ2n) is 9.79. The number of benzene rings is 6. The Labute approximate surface area is 212 Å². The molecule has 3 nitrogen and oxygen atoms in total. The number of pyridine rings is 1. The summed E-state index contributed by atoms with van der Waals surface area (Å²) in [4.78, 5) is 13.7. The van der Waals surface area contributed by atoms with Gasteiger partial charge in [0.05, 0.1) is 5.52 Å². The number of fused-ring (bicyclic) bond motifs is 7. The fourth-order valence-electron chi connectivity index (χ4n) is 6.23. The van der Waals surface area contributed by atoms with Crippen LogP contribution in [0.3, 0.4) is 0 Å². The van der Waals surface area contributed by atoms with Crippen molar-refractivity contribution in [3.8, 4) is 22.3 Å². The van der Waals surface area contributed by atoms with E-state index in [1.165, 1.54) is 21.5 Å². The third kappa shape index (κ3) is 2.72. The van der Waals surface area contributed by atoms with E-state index in [0.717, 1.165) is 44.1 Å². The summed E-state index contributed by atoms with van der Waals surface area (Å²) in [6.45, 7) is 0. The largest absolute Gasteiger partial charge is 0.369 e. The van der Waals surface area contributed by atoms with Gasteiger partial charge in [0.15, 0.2) is 6.23 Å². The SMILES string of the molecule is O=c1c2ccccc2c2cc(-c3cc4ccccc4c4ccccc34)cc3c2n1C(O)c1ccccc1-3. The van der Waals surface area contributed by atoms with Crippen LogP contribution in [0.1, 0.15) is 11.8 Å². The van der Waals surface area contributed by atoms with Crippen molar-refractivity contribution in [1.82, 2.24) is 4.57 Å². The van der Waals surface area contributed by atoms with Crippen LogP contribution >= 0.6 is 0 Å². The summed E-state index contributed by atoms with van der Waals surface area (Å²) in [6, 6.07) is 39.3. The minimum Gasteiger partial charge on any atom is -0.369 e. The van der Waals surface area contributed by atoms with Gasteiger partial charge in [0.1, 0.15) is 0 Å². The van der Waals surface area contributed by atoms with Crippen molar-refractivity contribution < 1.29 is 5.11 Å². The number of rotatable bonds is 1. The third-order valence-corrected chi connectivity index (χ3v) is 7.87. The first-order valence-corrected chi connectivity index (χ1v) is 12.5. The van der Waals surface area contributed by atoms with E-state index < -0.39 is 6.23 Å². The van der Waals surface area contributed by atoms with Crippen molar-refractivity contribution in [2.75, 3.05) is 0 Å². The van der Waals surface area contributed by atoms with Gasteiger partial charge in [-0.2, -0.15) is 0 Å². The van der Waals surface area contributed by atoms with Gasteiger partial charge in [-0.05, 0) is 67.9 Å². The molecule has 37 heavy (non-hydrogen) atoms. The molecule has 1 unspecified atom stereocenters. The van der Waals surface area contributed by atoms with Gasteiger partial charge in [0.2, 0.25) is 0 Å². The van der Waals surface area contributed by atoms with Gasteiger partial charge in [0.25, 0.3) is 5.56 Å². The quantitative estimate of drug-likeness (QED) is 0.248. The molecule has 0 radical (unpaired) electrons. The molecular formula is C34H21NO2. The van der Waals surface area contributed by atoms with E-state index in [1.807, 2.05) is 48.5 Å². The first-order valence-electron chi connectivity index (χ1n) is 12.5. The van der Waals surface area contributed by atoms with Crippen molar-refractivity contribution in [2.45, 2.75) is 6.23 Å². The molecular weight excluding hydrogens is 454 g/mol. The molecule has 1 aliphatic heterocycles. The lowest BCUT2D eigenvalue weighted by atomic mass is 9.86. The summed E-state index contributed by atoms with van der Waals surface area (Å²) in [6.07, 6.45) is -1.03. The highest BCUT2D eigenvalue weighted by Gasteiger charge is 2.28. The van der Waals surface area contributed by atoms with Gasteiger partial charge in [-0.3, -0.25) is 9.36 Å². The number of hydrogen-bond acceptors (Lipinski definition) is 2. The Bertz CT molecular complexity index is 2140. The molecule has 174 valence electrons. The molecule has 1 N–H and O–H groups in total. The zero-order valence-electron chi connectivity index (χ0n) is 19.8. The third-order valence-electron chi connectivity index (χ3n) is 7.87. The molecule has 0 fully saturated rings. The number of aliphatic hydroxyl groups excluding tert-OH is 1. The Kier molecular flexibility index (Phi) is 4.09. The zero-order chi connectivity index (χ0) is 24.7. The molecule has 2 heterocycles. The van der Waals surface area contributed by atoms with Crippen LogP contribution in [-0.4, -0.2) is 9.67 Å². The minimum absolute atomic E-state index is 0.171. The molecule has 0 bridgehead atoms. The molecule has 1 aliphatic rings. The van der Waals surface area contributed by atoms with Crippen molar-refractivity contribution in [1.29, 1.82) is 0 Å². The fraction of sp³-hybridized carbons (Fsp3) is 0.0294. The van der Waals surface area contributed by atoms with Crippen molar-refractivity contribution in [3.63, 3.8) is 0 Å². The van der Waals surface area contributed by atoms with Gasteiger partial charge >= 0.3 is 0 Å². The fourth-order valence-corrected chi connectivity index (χ4v) is 6.23. The molecule has 0 saturated heterocycles. The number of aromatic nitrogens is 1. The van der Waals surface area contributed by atoms with E-state index in [-0.39, 0.29) is 5.56 Å². The van der Waals surface area contributed by atoms with Crippen LogP contribution in [0.4, 0.5) is 0 Å². The summed E-state index contributed by atoms with van der Waals surface area (Å²) < 4.78 is 1.57. The van der Waals surface area contributed by atoms with Crippen LogP contribution in [0.25, 0.3) is 65.5 Å². The summed E-state index contributed by atoms with van der Waals surface area (Å²) in [7, 11) is 0. The van der Waals surface area contributed by atoms with Gasteiger partial charge in [-0.15, -0.1) is 0 Å². The Morgan fingerprint density at radius 2 is 1.16 bits per heavy atom. The lowest BCUT2D eigenvalue weighted by molar-refractivity contribution is 0.147. The van der Waals surface area contributed by atoms with E-state index in [9.17, 15) is 9.90 Å². The van der Waals surface area contributed by atoms with E-state index in [0.29, 0.717) is 5.39 Å². The summed E-state index contributed by atoms with van der Waals surface area (Å²) >= 11 is 0. The summed E-state index contributed by atoms with van der Waals surface area (Å²) in [5.74, 6) is 0. The molecule has 0 aliphatic carbocycles. The first kappa shape index (κ1) is 20.5. The number of nitrogens with zero attached hydrogens (tertiary/aromatic N) is 1. The Hall–Kier alpha value is -4.73. The number of hydrogen-bond donors (Lipinski definition) is 1. The molecule has 3 heteroatoms. The normalized spacial score (nSPS) is 14.5. The van der Waals surface area contributed by atoms with Gasteiger partial charge in [0, 0.05) is 21.9 Å².